The predicted molar refractivity (Wildman–Crippen MR) is 105 cm³/mol. The number of carbonyl (C=O) groups is 3. The van der Waals surface area contributed by atoms with Crippen LogP contribution < -0.4 is 10.6 Å². The second-order valence-corrected chi connectivity index (χ2v) is 8.66. The molecule has 3 amide bonds. The number of morpholine rings is 1. The van der Waals surface area contributed by atoms with Gasteiger partial charge in [0.1, 0.15) is 18.7 Å². The topological polar surface area (TPSA) is 97.0 Å². The van der Waals surface area contributed by atoms with Crippen molar-refractivity contribution < 1.29 is 23.9 Å². The number of nitrogens with one attached hydrogen (secondary N) is 2. The fourth-order valence-corrected chi connectivity index (χ4v) is 3.34. The smallest absolute Gasteiger partial charge is 0.318 e. The van der Waals surface area contributed by atoms with E-state index in [1.165, 1.54) is 0 Å². The summed E-state index contributed by atoms with van der Waals surface area (Å²) in [5.74, 6) is -0.137. The van der Waals surface area contributed by atoms with Crippen molar-refractivity contribution in [3.05, 3.63) is 0 Å². The number of carbonyl (C=O) groups excluding carboxylic acids is 3. The van der Waals surface area contributed by atoms with E-state index in [2.05, 4.69) is 38.3 Å². The number of amides is 3. The van der Waals surface area contributed by atoms with E-state index in [1.807, 2.05) is 6.92 Å². The number of ketones is 1. The Hall–Kier alpha value is -1.67. The summed E-state index contributed by atoms with van der Waals surface area (Å²) in [6.45, 7) is 12.3. The van der Waals surface area contributed by atoms with Crippen LogP contribution >= 0.6 is 0 Å². The van der Waals surface area contributed by atoms with Crippen LogP contribution in [0.3, 0.4) is 0 Å². The zero-order valence-electron chi connectivity index (χ0n) is 17.7. The van der Waals surface area contributed by atoms with Gasteiger partial charge in [-0.15, -0.1) is 0 Å². The van der Waals surface area contributed by atoms with Gasteiger partial charge in [-0.2, -0.15) is 0 Å². The Morgan fingerprint density at radius 2 is 1.89 bits per heavy atom. The lowest BCUT2D eigenvalue weighted by molar-refractivity contribution is -0.128. The molecule has 2 rings (SSSR count). The summed E-state index contributed by atoms with van der Waals surface area (Å²) in [6, 6.07) is -1.65. The molecule has 28 heavy (non-hydrogen) atoms. The minimum atomic E-state index is -0.723. The summed E-state index contributed by atoms with van der Waals surface area (Å²) < 4.78 is 10.7. The average molecular weight is 398 g/mol. The molecule has 0 aromatic heterocycles. The number of rotatable bonds is 7. The van der Waals surface area contributed by atoms with E-state index in [0.29, 0.717) is 45.1 Å². The third kappa shape index (κ3) is 5.67. The molecule has 0 spiro atoms. The van der Waals surface area contributed by atoms with Crippen molar-refractivity contribution in [2.45, 2.75) is 65.6 Å². The highest BCUT2D eigenvalue weighted by atomic mass is 16.5. The molecule has 0 saturated carbocycles. The molecule has 3 atom stereocenters. The largest absolute Gasteiger partial charge is 0.378 e. The Kier molecular flexibility index (Phi) is 7.83. The second kappa shape index (κ2) is 9.69. The fraction of sp³-hybridized carbons (Fsp3) is 0.850. The van der Waals surface area contributed by atoms with Gasteiger partial charge in [-0.05, 0) is 24.2 Å². The molecule has 2 fully saturated rings. The highest BCUT2D eigenvalue weighted by molar-refractivity contribution is 5.94. The zero-order valence-corrected chi connectivity index (χ0v) is 17.7. The van der Waals surface area contributed by atoms with E-state index in [-0.39, 0.29) is 35.8 Å². The zero-order chi connectivity index (χ0) is 20.9. The first kappa shape index (κ1) is 22.6. The molecule has 2 heterocycles. The van der Waals surface area contributed by atoms with Crippen LogP contribution in [-0.4, -0.2) is 73.7 Å². The van der Waals surface area contributed by atoms with Gasteiger partial charge in [0.15, 0.2) is 5.78 Å². The molecule has 2 aliphatic rings. The Morgan fingerprint density at radius 1 is 1.25 bits per heavy atom. The molecule has 2 aliphatic heterocycles. The Bertz CT molecular complexity index is 572. The lowest BCUT2D eigenvalue weighted by atomic mass is 9.76. The van der Waals surface area contributed by atoms with Gasteiger partial charge in [0.2, 0.25) is 5.91 Å². The highest BCUT2D eigenvalue weighted by Crippen LogP contribution is 2.31. The number of ether oxygens (including phenoxy) is 2. The lowest BCUT2D eigenvalue weighted by Crippen LogP contribution is -2.57. The Morgan fingerprint density at radius 3 is 2.46 bits per heavy atom. The number of nitrogens with zero attached hydrogens (tertiary/aromatic N) is 1. The molecule has 2 N–H and O–H groups in total. The van der Waals surface area contributed by atoms with Crippen LogP contribution in [0.2, 0.25) is 0 Å². The third-order valence-corrected chi connectivity index (χ3v) is 6.06. The van der Waals surface area contributed by atoms with Crippen molar-refractivity contribution in [2.75, 3.05) is 32.9 Å². The molecule has 0 bridgehead atoms. The maximum Gasteiger partial charge on any atom is 0.318 e. The Balaban J connectivity index is 2.10. The minimum Gasteiger partial charge on any atom is -0.378 e. The number of hydrogen-bond acceptors (Lipinski definition) is 5. The molecule has 8 nitrogen and oxygen atoms in total. The number of urea groups is 1. The molecule has 0 aromatic rings. The summed E-state index contributed by atoms with van der Waals surface area (Å²) in [5.41, 5.74) is -0.166. The van der Waals surface area contributed by atoms with Gasteiger partial charge in [-0.1, -0.05) is 34.6 Å². The van der Waals surface area contributed by atoms with E-state index in [1.54, 1.807) is 4.90 Å². The minimum absolute atomic E-state index is 0.0196. The SMILES string of the molecule is CCC1OCC(=O)C1NC(=O)[C@H](CC(C)(C)C(C)C)NC(=O)N1CCOCC1. The van der Waals surface area contributed by atoms with Crippen molar-refractivity contribution in [3.63, 3.8) is 0 Å². The van der Waals surface area contributed by atoms with Gasteiger partial charge >= 0.3 is 6.03 Å². The van der Waals surface area contributed by atoms with E-state index in [0.717, 1.165) is 0 Å². The standard InChI is InChI=1S/C20H35N3O5/c1-6-16-17(15(24)12-28-16)22-18(25)14(11-20(4,5)13(2)3)21-19(26)23-7-9-27-10-8-23/h13-14,16-17H,6-12H2,1-5H3,(H,21,26)(H,22,25)/t14-,16?,17?/m0/s1. The molecular weight excluding hydrogens is 362 g/mol. The average Bonchev–Trinajstić information content (AvgIpc) is 3.01. The quantitative estimate of drug-likeness (QED) is 0.676. The monoisotopic (exact) mass is 397 g/mol. The molecular formula is C20H35N3O5. The van der Waals surface area contributed by atoms with Crippen molar-refractivity contribution in [3.8, 4) is 0 Å². The summed E-state index contributed by atoms with van der Waals surface area (Å²) in [7, 11) is 0. The van der Waals surface area contributed by atoms with Crippen LogP contribution in [0.25, 0.3) is 0 Å². The van der Waals surface area contributed by atoms with Gasteiger partial charge in [0, 0.05) is 13.1 Å². The lowest BCUT2D eigenvalue weighted by Gasteiger charge is -2.35. The highest BCUT2D eigenvalue weighted by Gasteiger charge is 2.39. The van der Waals surface area contributed by atoms with Gasteiger partial charge in [0.25, 0.3) is 0 Å². The first-order valence-electron chi connectivity index (χ1n) is 10.2. The van der Waals surface area contributed by atoms with Crippen molar-refractivity contribution in [2.24, 2.45) is 11.3 Å². The van der Waals surface area contributed by atoms with E-state index in [4.69, 9.17) is 9.47 Å². The third-order valence-electron chi connectivity index (χ3n) is 6.06. The van der Waals surface area contributed by atoms with Gasteiger partial charge < -0.3 is 25.0 Å². The van der Waals surface area contributed by atoms with Crippen LogP contribution in [0.1, 0.15) is 47.5 Å². The first-order chi connectivity index (χ1) is 13.2. The van der Waals surface area contributed by atoms with E-state index in [9.17, 15) is 14.4 Å². The van der Waals surface area contributed by atoms with Crippen LogP contribution in [0.5, 0.6) is 0 Å². The molecule has 160 valence electrons. The maximum atomic E-state index is 13.0. The van der Waals surface area contributed by atoms with E-state index < -0.39 is 12.1 Å². The molecule has 0 aromatic carbocycles. The first-order valence-corrected chi connectivity index (χ1v) is 10.2. The number of hydrogen-bond donors (Lipinski definition) is 2. The van der Waals surface area contributed by atoms with Crippen LogP contribution in [0.4, 0.5) is 4.79 Å². The van der Waals surface area contributed by atoms with Gasteiger partial charge in [-0.3, -0.25) is 9.59 Å². The molecule has 0 aliphatic carbocycles. The molecule has 0 radical (unpaired) electrons. The summed E-state index contributed by atoms with van der Waals surface area (Å²) in [5, 5.41) is 5.71. The summed E-state index contributed by atoms with van der Waals surface area (Å²) >= 11 is 0. The van der Waals surface area contributed by atoms with Gasteiger partial charge in [-0.25, -0.2) is 4.79 Å². The molecule has 8 heteroatoms. The van der Waals surface area contributed by atoms with Crippen molar-refractivity contribution >= 4 is 17.7 Å². The van der Waals surface area contributed by atoms with Crippen LogP contribution in [0.15, 0.2) is 0 Å². The van der Waals surface area contributed by atoms with Crippen molar-refractivity contribution in [1.82, 2.24) is 15.5 Å². The van der Waals surface area contributed by atoms with E-state index >= 15 is 0 Å². The van der Waals surface area contributed by atoms with Crippen LogP contribution in [0, 0.1) is 11.3 Å². The Labute approximate surface area is 167 Å². The predicted octanol–water partition coefficient (Wildman–Crippen LogP) is 1.33. The van der Waals surface area contributed by atoms with Crippen molar-refractivity contribution in [1.29, 1.82) is 0 Å². The fourth-order valence-electron chi connectivity index (χ4n) is 3.34. The molecule has 2 saturated heterocycles. The summed E-state index contributed by atoms with van der Waals surface area (Å²) in [6.07, 6.45) is 0.801. The van der Waals surface area contributed by atoms with Crippen LogP contribution in [-0.2, 0) is 19.1 Å². The normalized spacial score (nSPS) is 24.4. The van der Waals surface area contributed by atoms with Gasteiger partial charge in [0.05, 0.1) is 19.3 Å². The second-order valence-electron chi connectivity index (χ2n) is 8.66. The number of Topliss-reactive ketones (excluding diaryl/α,β-unsaturated/α-hetero) is 1. The summed E-state index contributed by atoms with van der Waals surface area (Å²) in [4.78, 5) is 39.5. The molecule has 2 unspecified atom stereocenters. The maximum absolute atomic E-state index is 13.0.